The Morgan fingerprint density at radius 3 is 2.85 bits per heavy atom. The van der Waals surface area contributed by atoms with Crippen LogP contribution in [0.15, 0.2) is 5.03 Å². The lowest BCUT2D eigenvalue weighted by Gasteiger charge is -2.13. The summed E-state index contributed by atoms with van der Waals surface area (Å²) in [6.45, 7) is 3.73. The van der Waals surface area contributed by atoms with Gasteiger partial charge in [0.2, 0.25) is 5.91 Å². The van der Waals surface area contributed by atoms with Crippen molar-refractivity contribution in [1.82, 2.24) is 9.97 Å². The molecular weight excluding hydrogens is 290 g/mol. The Morgan fingerprint density at radius 1 is 1.35 bits per heavy atom. The standard InChI is InChI=1S/C14H17N3OS2/c1-7(12(15)18)19-13-11-9-5-3-4-6-10(9)20-14(11)17-8(2)16-13/h7H,3-6H2,1-2H3,(H2,15,18)/t7-/m1/s1. The van der Waals surface area contributed by atoms with Crippen LogP contribution < -0.4 is 5.73 Å². The second kappa shape index (κ2) is 5.33. The Bertz CT molecular complexity index is 681. The van der Waals surface area contributed by atoms with Gasteiger partial charge in [-0.1, -0.05) is 11.8 Å². The number of primary amides is 1. The van der Waals surface area contributed by atoms with Crippen molar-refractivity contribution in [3.63, 3.8) is 0 Å². The average molecular weight is 307 g/mol. The van der Waals surface area contributed by atoms with Gasteiger partial charge in [0.05, 0.1) is 5.25 Å². The number of aromatic nitrogens is 2. The molecule has 106 valence electrons. The van der Waals surface area contributed by atoms with Crippen molar-refractivity contribution in [3.05, 3.63) is 16.3 Å². The number of amides is 1. The van der Waals surface area contributed by atoms with Crippen LogP contribution in [-0.2, 0) is 17.6 Å². The molecule has 0 aliphatic heterocycles. The first kappa shape index (κ1) is 13.8. The molecular formula is C14H17N3OS2. The zero-order valence-electron chi connectivity index (χ0n) is 11.6. The number of carbonyl (C=O) groups is 1. The monoisotopic (exact) mass is 307 g/mol. The highest BCUT2D eigenvalue weighted by Gasteiger charge is 2.22. The third-order valence-electron chi connectivity index (χ3n) is 3.58. The number of hydrogen-bond acceptors (Lipinski definition) is 5. The fourth-order valence-corrected chi connectivity index (χ4v) is 4.88. The highest BCUT2D eigenvalue weighted by Crippen LogP contribution is 2.40. The second-order valence-corrected chi connectivity index (χ2v) is 7.54. The highest BCUT2D eigenvalue weighted by atomic mass is 32.2. The fourth-order valence-electron chi connectivity index (χ4n) is 2.54. The van der Waals surface area contributed by atoms with E-state index >= 15 is 0 Å². The quantitative estimate of drug-likeness (QED) is 0.699. The van der Waals surface area contributed by atoms with Gasteiger partial charge in [-0.3, -0.25) is 4.79 Å². The van der Waals surface area contributed by atoms with Crippen LogP contribution in [0, 0.1) is 6.92 Å². The molecule has 2 heterocycles. The van der Waals surface area contributed by atoms with Crippen LogP contribution in [0.2, 0.25) is 0 Å². The van der Waals surface area contributed by atoms with Crippen molar-refractivity contribution in [3.8, 4) is 0 Å². The maximum atomic E-state index is 11.3. The molecule has 1 aliphatic carbocycles. The van der Waals surface area contributed by atoms with E-state index in [-0.39, 0.29) is 11.2 Å². The summed E-state index contributed by atoms with van der Waals surface area (Å²) in [7, 11) is 0. The van der Waals surface area contributed by atoms with Gasteiger partial charge >= 0.3 is 0 Å². The number of fused-ring (bicyclic) bond motifs is 3. The number of thiophene rings is 1. The number of rotatable bonds is 3. The van der Waals surface area contributed by atoms with E-state index in [1.165, 1.54) is 35.0 Å². The normalized spacial score (nSPS) is 16.1. The van der Waals surface area contributed by atoms with E-state index in [0.717, 1.165) is 33.9 Å². The summed E-state index contributed by atoms with van der Waals surface area (Å²) >= 11 is 3.24. The molecule has 0 saturated heterocycles. The molecule has 0 unspecified atom stereocenters. The van der Waals surface area contributed by atoms with Gasteiger partial charge < -0.3 is 5.73 Å². The summed E-state index contributed by atoms with van der Waals surface area (Å²) in [5.74, 6) is 0.457. The average Bonchev–Trinajstić information content (AvgIpc) is 2.76. The van der Waals surface area contributed by atoms with E-state index in [1.54, 1.807) is 11.3 Å². The van der Waals surface area contributed by atoms with Crippen LogP contribution >= 0.6 is 23.1 Å². The van der Waals surface area contributed by atoms with Gasteiger partial charge in [-0.2, -0.15) is 0 Å². The Labute approximate surface area is 126 Å². The van der Waals surface area contributed by atoms with Gasteiger partial charge in [0.1, 0.15) is 15.7 Å². The van der Waals surface area contributed by atoms with E-state index in [9.17, 15) is 4.79 Å². The van der Waals surface area contributed by atoms with Gasteiger partial charge in [0.25, 0.3) is 0 Å². The minimum absolute atomic E-state index is 0.272. The molecule has 0 spiro atoms. The molecule has 1 amide bonds. The highest BCUT2D eigenvalue weighted by molar-refractivity contribution is 8.00. The lowest BCUT2D eigenvalue weighted by atomic mass is 9.97. The molecule has 3 rings (SSSR count). The topological polar surface area (TPSA) is 68.9 Å². The lowest BCUT2D eigenvalue weighted by molar-refractivity contribution is -0.117. The Morgan fingerprint density at radius 2 is 2.10 bits per heavy atom. The largest absolute Gasteiger partial charge is 0.369 e. The molecule has 2 aromatic rings. The summed E-state index contributed by atoms with van der Waals surface area (Å²) in [6, 6.07) is 0. The molecule has 0 radical (unpaired) electrons. The number of carbonyl (C=O) groups excluding carboxylic acids is 1. The van der Waals surface area contributed by atoms with Gasteiger partial charge in [-0.25, -0.2) is 9.97 Å². The van der Waals surface area contributed by atoms with Gasteiger partial charge in [-0.15, -0.1) is 11.3 Å². The van der Waals surface area contributed by atoms with Gasteiger partial charge in [-0.05, 0) is 45.1 Å². The first-order valence-corrected chi connectivity index (χ1v) is 8.50. The molecule has 4 nitrogen and oxygen atoms in total. The van der Waals surface area contributed by atoms with E-state index in [4.69, 9.17) is 5.73 Å². The van der Waals surface area contributed by atoms with Crippen LogP contribution in [0.5, 0.6) is 0 Å². The third-order valence-corrected chi connectivity index (χ3v) is 5.87. The summed E-state index contributed by atoms with van der Waals surface area (Å²) < 4.78 is 0. The predicted octanol–water partition coefficient (Wildman–Crippen LogP) is 2.84. The lowest BCUT2D eigenvalue weighted by Crippen LogP contribution is -2.22. The molecule has 0 saturated carbocycles. The van der Waals surface area contributed by atoms with Crippen LogP contribution in [0.3, 0.4) is 0 Å². The number of nitrogens with two attached hydrogens (primary N) is 1. The van der Waals surface area contributed by atoms with Crippen LogP contribution in [0.25, 0.3) is 10.2 Å². The maximum absolute atomic E-state index is 11.3. The minimum atomic E-state index is -0.302. The Hall–Kier alpha value is -1.14. The molecule has 20 heavy (non-hydrogen) atoms. The van der Waals surface area contributed by atoms with Crippen LogP contribution in [0.4, 0.5) is 0 Å². The second-order valence-electron chi connectivity index (χ2n) is 5.13. The van der Waals surface area contributed by atoms with E-state index in [0.29, 0.717) is 0 Å². The minimum Gasteiger partial charge on any atom is -0.369 e. The molecule has 2 aromatic heterocycles. The smallest absolute Gasteiger partial charge is 0.230 e. The number of nitrogens with zero attached hydrogens (tertiary/aromatic N) is 2. The van der Waals surface area contributed by atoms with Crippen molar-refractivity contribution >= 4 is 39.2 Å². The number of hydrogen-bond donors (Lipinski definition) is 1. The zero-order valence-corrected chi connectivity index (χ0v) is 13.2. The Balaban J connectivity index is 2.14. The van der Waals surface area contributed by atoms with Crippen LogP contribution in [-0.4, -0.2) is 21.1 Å². The molecule has 1 aliphatic rings. The molecule has 0 bridgehead atoms. The Kier molecular flexibility index (Phi) is 3.69. The van der Waals surface area contributed by atoms with E-state index in [2.05, 4.69) is 9.97 Å². The van der Waals surface area contributed by atoms with Gasteiger partial charge in [0, 0.05) is 10.3 Å². The molecule has 1 atom stereocenters. The summed E-state index contributed by atoms with van der Waals surface area (Å²) in [6.07, 6.45) is 4.72. The molecule has 0 aromatic carbocycles. The predicted molar refractivity (Wildman–Crippen MR) is 83.3 cm³/mol. The summed E-state index contributed by atoms with van der Waals surface area (Å²) in [5, 5.41) is 1.80. The first-order valence-electron chi connectivity index (χ1n) is 6.81. The third kappa shape index (κ3) is 2.42. The van der Waals surface area contributed by atoms with E-state index < -0.39 is 0 Å². The zero-order chi connectivity index (χ0) is 14.3. The van der Waals surface area contributed by atoms with Crippen LogP contribution in [0.1, 0.15) is 36.0 Å². The van der Waals surface area contributed by atoms with Crippen molar-refractivity contribution < 1.29 is 4.79 Å². The maximum Gasteiger partial charge on any atom is 0.230 e. The summed E-state index contributed by atoms with van der Waals surface area (Å²) in [4.78, 5) is 22.9. The molecule has 0 fully saturated rings. The first-order chi connectivity index (χ1) is 9.56. The molecule has 2 N–H and O–H groups in total. The van der Waals surface area contributed by atoms with Crippen molar-refractivity contribution in [1.29, 1.82) is 0 Å². The molecule has 6 heteroatoms. The van der Waals surface area contributed by atoms with E-state index in [1.807, 2.05) is 13.8 Å². The van der Waals surface area contributed by atoms with Crippen molar-refractivity contribution in [2.45, 2.75) is 49.8 Å². The summed E-state index contributed by atoms with van der Waals surface area (Å²) in [5.41, 5.74) is 6.78. The van der Waals surface area contributed by atoms with Gasteiger partial charge in [0.15, 0.2) is 0 Å². The van der Waals surface area contributed by atoms with Crippen molar-refractivity contribution in [2.24, 2.45) is 5.73 Å². The SMILES string of the molecule is Cc1nc(S[C@H](C)C(N)=O)c2c3c(sc2n1)CCCC3. The number of thioether (sulfide) groups is 1. The number of aryl methyl sites for hydroxylation is 3. The van der Waals surface area contributed by atoms with Crippen molar-refractivity contribution in [2.75, 3.05) is 0 Å². The fraction of sp³-hybridized carbons (Fsp3) is 0.500.